The van der Waals surface area contributed by atoms with Crippen molar-refractivity contribution in [3.05, 3.63) is 65.2 Å². The minimum atomic E-state index is -0.994. The molecule has 25 heavy (non-hydrogen) atoms. The number of aryl methyl sites for hydroxylation is 1. The maximum atomic E-state index is 13.4. The second-order valence-electron chi connectivity index (χ2n) is 6.81. The van der Waals surface area contributed by atoms with E-state index in [0.717, 1.165) is 43.6 Å². The Morgan fingerprint density at radius 1 is 1.00 bits per heavy atom. The Hall–Kier alpha value is -2.43. The lowest BCUT2D eigenvalue weighted by molar-refractivity contribution is -0.0107. The molecule has 0 unspecified atom stereocenters. The van der Waals surface area contributed by atoms with Crippen molar-refractivity contribution >= 4 is 5.91 Å². The van der Waals surface area contributed by atoms with Crippen LogP contribution in [-0.2, 0) is 6.42 Å². The molecule has 1 fully saturated rings. The number of piperidine rings is 1. The number of likely N-dealkylation sites (tertiary alicyclic amines) is 1. The second kappa shape index (κ2) is 6.14. The molecule has 5 heteroatoms. The monoisotopic (exact) mass is 343 g/mol. The molecule has 1 saturated heterocycles. The zero-order chi connectivity index (χ0) is 17.4. The van der Waals surface area contributed by atoms with Gasteiger partial charge in [-0.25, -0.2) is 8.78 Å². The van der Waals surface area contributed by atoms with Crippen LogP contribution in [0, 0.1) is 11.6 Å². The number of nitrogens with zero attached hydrogens (tertiary/aromatic N) is 1. The van der Waals surface area contributed by atoms with E-state index in [1.54, 1.807) is 4.90 Å². The van der Waals surface area contributed by atoms with Gasteiger partial charge in [-0.2, -0.15) is 0 Å². The van der Waals surface area contributed by atoms with Crippen molar-refractivity contribution < 1.29 is 18.3 Å². The van der Waals surface area contributed by atoms with Crippen LogP contribution >= 0.6 is 0 Å². The van der Waals surface area contributed by atoms with Gasteiger partial charge in [0.2, 0.25) is 0 Å². The van der Waals surface area contributed by atoms with Gasteiger partial charge in [0.15, 0.2) is 11.6 Å². The fraction of sp³-hybridized carbons (Fsp3) is 0.350. The van der Waals surface area contributed by atoms with Gasteiger partial charge in [-0.1, -0.05) is 18.2 Å². The molecule has 2 aromatic carbocycles. The first-order valence-electron chi connectivity index (χ1n) is 8.58. The Balaban J connectivity index is 1.45. The standard InChI is InChI=1S/C20H19F2NO2/c21-16-6-5-15(13-17(16)22)19(24)23-11-9-20(10-12-23)8-7-14-3-1-2-4-18(14)25-20/h1-6,13H,7-12H2. The fourth-order valence-electron chi connectivity index (χ4n) is 3.74. The van der Waals surface area contributed by atoms with E-state index in [1.165, 1.54) is 11.6 Å². The molecule has 0 bridgehead atoms. The zero-order valence-corrected chi connectivity index (χ0v) is 13.8. The van der Waals surface area contributed by atoms with Gasteiger partial charge in [0.1, 0.15) is 11.4 Å². The highest BCUT2D eigenvalue weighted by molar-refractivity contribution is 5.94. The average Bonchev–Trinajstić information content (AvgIpc) is 2.64. The van der Waals surface area contributed by atoms with Gasteiger partial charge >= 0.3 is 0 Å². The molecular formula is C20H19F2NO2. The largest absolute Gasteiger partial charge is 0.487 e. The lowest BCUT2D eigenvalue weighted by Crippen LogP contribution is -2.51. The number of amides is 1. The second-order valence-corrected chi connectivity index (χ2v) is 6.81. The van der Waals surface area contributed by atoms with Gasteiger partial charge in [-0.05, 0) is 42.7 Å². The normalized spacial score (nSPS) is 18.6. The van der Waals surface area contributed by atoms with Crippen LogP contribution in [0.2, 0.25) is 0 Å². The van der Waals surface area contributed by atoms with Crippen molar-refractivity contribution in [1.29, 1.82) is 0 Å². The SMILES string of the molecule is O=C(c1ccc(F)c(F)c1)N1CCC2(CCc3ccccc3O2)CC1. The molecule has 0 radical (unpaired) electrons. The van der Waals surface area contributed by atoms with E-state index < -0.39 is 11.6 Å². The number of fused-ring (bicyclic) bond motifs is 1. The Morgan fingerprint density at radius 2 is 1.76 bits per heavy atom. The first-order valence-corrected chi connectivity index (χ1v) is 8.58. The van der Waals surface area contributed by atoms with E-state index in [-0.39, 0.29) is 17.1 Å². The van der Waals surface area contributed by atoms with Crippen molar-refractivity contribution in [3.63, 3.8) is 0 Å². The Labute approximate surface area is 145 Å². The van der Waals surface area contributed by atoms with Crippen LogP contribution in [-0.4, -0.2) is 29.5 Å². The van der Waals surface area contributed by atoms with Gasteiger partial charge < -0.3 is 9.64 Å². The first-order chi connectivity index (χ1) is 12.1. The quantitative estimate of drug-likeness (QED) is 0.784. The molecular weight excluding hydrogens is 324 g/mol. The summed E-state index contributed by atoms with van der Waals surface area (Å²) in [6, 6.07) is 11.4. The summed E-state index contributed by atoms with van der Waals surface area (Å²) < 4.78 is 32.7. The molecule has 3 nitrogen and oxygen atoms in total. The molecule has 2 aromatic rings. The van der Waals surface area contributed by atoms with Crippen molar-refractivity contribution in [1.82, 2.24) is 4.90 Å². The lowest BCUT2D eigenvalue weighted by atomic mass is 9.83. The van der Waals surface area contributed by atoms with Crippen molar-refractivity contribution in [2.24, 2.45) is 0 Å². The first kappa shape index (κ1) is 16.1. The number of para-hydroxylation sites is 1. The van der Waals surface area contributed by atoms with E-state index in [2.05, 4.69) is 6.07 Å². The van der Waals surface area contributed by atoms with Crippen LogP contribution in [0.5, 0.6) is 5.75 Å². The van der Waals surface area contributed by atoms with Gasteiger partial charge in [0, 0.05) is 31.5 Å². The number of rotatable bonds is 1. The highest BCUT2D eigenvalue weighted by Gasteiger charge is 2.40. The Kier molecular flexibility index (Phi) is 3.94. The summed E-state index contributed by atoms with van der Waals surface area (Å²) in [5, 5.41) is 0. The summed E-state index contributed by atoms with van der Waals surface area (Å²) >= 11 is 0. The molecule has 2 aliphatic heterocycles. The summed E-state index contributed by atoms with van der Waals surface area (Å²) in [5.74, 6) is -1.26. The van der Waals surface area contributed by atoms with E-state index >= 15 is 0 Å². The van der Waals surface area contributed by atoms with Gasteiger partial charge in [0.25, 0.3) is 5.91 Å². The van der Waals surface area contributed by atoms with Crippen LogP contribution in [0.25, 0.3) is 0 Å². The number of hydrogen-bond acceptors (Lipinski definition) is 2. The van der Waals surface area contributed by atoms with Gasteiger partial charge in [-0.15, -0.1) is 0 Å². The molecule has 0 aliphatic carbocycles. The number of ether oxygens (including phenoxy) is 1. The van der Waals surface area contributed by atoms with Crippen molar-refractivity contribution in [2.75, 3.05) is 13.1 Å². The molecule has 0 aromatic heterocycles. The molecule has 2 aliphatic rings. The predicted octanol–water partition coefficient (Wildman–Crippen LogP) is 3.96. The third kappa shape index (κ3) is 2.99. The number of halogens is 2. The number of hydrogen-bond donors (Lipinski definition) is 0. The lowest BCUT2D eigenvalue weighted by Gasteiger charge is -2.44. The average molecular weight is 343 g/mol. The number of carbonyl (C=O) groups is 1. The maximum absolute atomic E-state index is 13.4. The van der Waals surface area contributed by atoms with E-state index in [9.17, 15) is 13.6 Å². The van der Waals surface area contributed by atoms with Gasteiger partial charge in [-0.3, -0.25) is 4.79 Å². The number of carbonyl (C=O) groups excluding carboxylic acids is 1. The Bertz CT molecular complexity index is 813. The van der Waals surface area contributed by atoms with E-state index in [4.69, 9.17) is 4.74 Å². The van der Waals surface area contributed by atoms with Crippen LogP contribution in [0.1, 0.15) is 35.2 Å². The highest BCUT2D eigenvalue weighted by atomic mass is 19.2. The highest BCUT2D eigenvalue weighted by Crippen LogP contribution is 2.39. The molecule has 0 atom stereocenters. The van der Waals surface area contributed by atoms with Crippen molar-refractivity contribution in [3.8, 4) is 5.75 Å². The predicted molar refractivity (Wildman–Crippen MR) is 89.6 cm³/mol. The Morgan fingerprint density at radius 3 is 2.52 bits per heavy atom. The summed E-state index contributed by atoms with van der Waals surface area (Å²) in [6.45, 7) is 1.11. The zero-order valence-electron chi connectivity index (χ0n) is 13.8. The van der Waals surface area contributed by atoms with Crippen LogP contribution in [0.15, 0.2) is 42.5 Å². The summed E-state index contributed by atoms with van der Waals surface area (Å²) in [6.07, 6.45) is 3.41. The molecule has 1 amide bonds. The molecule has 2 heterocycles. The minimum absolute atomic E-state index is 0.185. The smallest absolute Gasteiger partial charge is 0.253 e. The minimum Gasteiger partial charge on any atom is -0.487 e. The van der Waals surface area contributed by atoms with Crippen LogP contribution in [0.3, 0.4) is 0 Å². The summed E-state index contributed by atoms with van der Waals surface area (Å²) in [5.41, 5.74) is 1.19. The molecule has 0 N–H and O–H groups in total. The van der Waals surface area contributed by atoms with Crippen molar-refractivity contribution in [2.45, 2.75) is 31.3 Å². The third-order valence-electron chi connectivity index (χ3n) is 5.28. The topological polar surface area (TPSA) is 29.5 Å². The third-order valence-corrected chi connectivity index (χ3v) is 5.28. The molecule has 0 saturated carbocycles. The molecule has 4 rings (SSSR count). The summed E-state index contributed by atoms with van der Waals surface area (Å²) in [7, 11) is 0. The van der Waals surface area contributed by atoms with Gasteiger partial charge in [0.05, 0.1) is 0 Å². The van der Waals surface area contributed by atoms with Crippen LogP contribution in [0.4, 0.5) is 8.78 Å². The maximum Gasteiger partial charge on any atom is 0.253 e. The van der Waals surface area contributed by atoms with E-state index in [0.29, 0.717) is 13.1 Å². The molecule has 130 valence electrons. The number of benzene rings is 2. The fourth-order valence-corrected chi connectivity index (χ4v) is 3.74. The van der Waals surface area contributed by atoms with Crippen LogP contribution < -0.4 is 4.74 Å². The molecule has 1 spiro atoms. The summed E-state index contributed by atoms with van der Waals surface area (Å²) in [4.78, 5) is 14.2. The van der Waals surface area contributed by atoms with E-state index in [1.807, 2.05) is 18.2 Å².